The van der Waals surface area contributed by atoms with E-state index in [0.717, 1.165) is 11.1 Å². The van der Waals surface area contributed by atoms with Crippen molar-refractivity contribution in [2.24, 2.45) is 5.92 Å². The van der Waals surface area contributed by atoms with E-state index in [0.29, 0.717) is 12.8 Å². The molecule has 2 rings (SSSR count). The lowest BCUT2D eigenvalue weighted by Crippen LogP contribution is -2.52. The Balaban J connectivity index is 1.83. The number of nitrogens with one attached hydrogen (secondary N) is 3. The van der Waals surface area contributed by atoms with Crippen LogP contribution in [0.15, 0.2) is 60.7 Å². The van der Waals surface area contributed by atoms with Gasteiger partial charge in [-0.2, -0.15) is 0 Å². The Morgan fingerprint density at radius 1 is 0.909 bits per heavy atom. The number of hydrogen-bond donors (Lipinski definition) is 3. The van der Waals surface area contributed by atoms with Gasteiger partial charge in [0.05, 0.1) is 0 Å². The van der Waals surface area contributed by atoms with Gasteiger partial charge in [-0.1, -0.05) is 74.5 Å². The summed E-state index contributed by atoms with van der Waals surface area (Å²) in [6, 6.07) is 18.0. The largest absolute Gasteiger partial charge is 0.445 e. The SMILES string of the molecule is CC(C)C[C@H](NC(=O)CNC(=O)OCc1ccccc1)C(=O)N[C@H](CCl)Cc1ccccc1. The summed E-state index contributed by atoms with van der Waals surface area (Å²) in [6.45, 7) is 3.75. The van der Waals surface area contributed by atoms with E-state index in [2.05, 4.69) is 16.0 Å². The molecule has 0 aliphatic heterocycles. The zero-order valence-corrected chi connectivity index (χ0v) is 19.8. The van der Waals surface area contributed by atoms with Gasteiger partial charge >= 0.3 is 6.09 Å². The molecule has 0 bridgehead atoms. The van der Waals surface area contributed by atoms with Gasteiger partial charge in [0.15, 0.2) is 0 Å². The highest BCUT2D eigenvalue weighted by atomic mass is 35.5. The Morgan fingerprint density at radius 2 is 1.52 bits per heavy atom. The van der Waals surface area contributed by atoms with E-state index in [-0.39, 0.29) is 36.9 Å². The van der Waals surface area contributed by atoms with Crippen molar-refractivity contribution in [1.82, 2.24) is 16.0 Å². The summed E-state index contributed by atoms with van der Waals surface area (Å²) >= 11 is 6.07. The second kappa shape index (κ2) is 14.2. The molecule has 0 unspecified atom stereocenters. The number of ether oxygens (including phenoxy) is 1. The summed E-state index contributed by atoms with van der Waals surface area (Å²) in [4.78, 5) is 37.1. The summed E-state index contributed by atoms with van der Waals surface area (Å²) in [5.74, 6) is -0.353. The van der Waals surface area contributed by atoms with Crippen LogP contribution in [0.4, 0.5) is 4.79 Å². The molecule has 0 spiro atoms. The van der Waals surface area contributed by atoms with Crippen molar-refractivity contribution in [3.63, 3.8) is 0 Å². The highest BCUT2D eigenvalue weighted by Gasteiger charge is 2.24. The molecule has 33 heavy (non-hydrogen) atoms. The molecule has 3 N–H and O–H groups in total. The number of rotatable bonds is 12. The van der Waals surface area contributed by atoms with E-state index < -0.39 is 18.0 Å². The zero-order chi connectivity index (χ0) is 24.1. The number of halogens is 1. The van der Waals surface area contributed by atoms with Crippen LogP contribution in [-0.4, -0.2) is 42.4 Å². The summed E-state index contributed by atoms with van der Waals surface area (Å²) in [5, 5.41) is 8.05. The van der Waals surface area contributed by atoms with Crippen molar-refractivity contribution >= 4 is 29.5 Å². The van der Waals surface area contributed by atoms with Gasteiger partial charge in [-0.25, -0.2) is 4.79 Å². The molecule has 2 aromatic carbocycles. The Bertz CT molecular complexity index is 878. The van der Waals surface area contributed by atoms with E-state index in [1.54, 1.807) is 0 Å². The van der Waals surface area contributed by atoms with E-state index in [1.165, 1.54) is 0 Å². The maximum Gasteiger partial charge on any atom is 0.407 e. The number of benzene rings is 2. The molecule has 2 atom stereocenters. The lowest BCUT2D eigenvalue weighted by Gasteiger charge is -2.23. The molecule has 0 fully saturated rings. The third kappa shape index (κ3) is 10.4. The van der Waals surface area contributed by atoms with Crippen molar-refractivity contribution in [1.29, 1.82) is 0 Å². The quantitative estimate of drug-likeness (QED) is 0.411. The van der Waals surface area contributed by atoms with Crippen LogP contribution in [0, 0.1) is 5.92 Å². The molecule has 8 heteroatoms. The Morgan fingerprint density at radius 3 is 2.09 bits per heavy atom. The first-order valence-electron chi connectivity index (χ1n) is 11.0. The second-order valence-corrected chi connectivity index (χ2v) is 8.52. The number of amides is 3. The molecule has 0 saturated heterocycles. The number of hydrogen-bond acceptors (Lipinski definition) is 4. The fourth-order valence-electron chi connectivity index (χ4n) is 3.22. The van der Waals surface area contributed by atoms with Crippen molar-refractivity contribution in [3.8, 4) is 0 Å². The number of carbonyl (C=O) groups is 3. The van der Waals surface area contributed by atoms with Crippen LogP contribution >= 0.6 is 11.6 Å². The first kappa shape index (κ1) is 26.2. The number of alkyl carbamates (subject to hydrolysis) is 1. The van der Waals surface area contributed by atoms with Crippen molar-refractivity contribution in [2.45, 2.75) is 45.4 Å². The second-order valence-electron chi connectivity index (χ2n) is 8.21. The van der Waals surface area contributed by atoms with Gasteiger partial charge in [0.1, 0.15) is 19.2 Å². The van der Waals surface area contributed by atoms with Crippen LogP contribution in [0.2, 0.25) is 0 Å². The van der Waals surface area contributed by atoms with Crippen molar-refractivity contribution in [3.05, 3.63) is 71.8 Å². The third-order valence-corrected chi connectivity index (χ3v) is 5.19. The highest BCUT2D eigenvalue weighted by Crippen LogP contribution is 2.08. The molecular formula is C25H32ClN3O4. The molecule has 0 aliphatic rings. The van der Waals surface area contributed by atoms with Gasteiger partial charge in [-0.15, -0.1) is 11.6 Å². The van der Waals surface area contributed by atoms with E-state index in [9.17, 15) is 14.4 Å². The van der Waals surface area contributed by atoms with Gasteiger partial charge in [0.25, 0.3) is 0 Å². The third-order valence-electron chi connectivity index (χ3n) is 4.82. The molecular weight excluding hydrogens is 442 g/mol. The standard InChI is InChI=1S/C25H32ClN3O4/c1-18(2)13-22(24(31)28-21(15-26)14-19-9-5-3-6-10-19)29-23(30)16-27-25(32)33-17-20-11-7-4-8-12-20/h3-12,18,21-22H,13-17H2,1-2H3,(H,27,32)(H,28,31)(H,29,30)/t21-,22-/m0/s1. The average Bonchev–Trinajstić information content (AvgIpc) is 2.81. The predicted molar refractivity (Wildman–Crippen MR) is 129 cm³/mol. The molecule has 178 valence electrons. The zero-order valence-electron chi connectivity index (χ0n) is 19.1. The van der Waals surface area contributed by atoms with Gasteiger partial charge in [-0.3, -0.25) is 9.59 Å². The van der Waals surface area contributed by atoms with Crippen LogP contribution in [-0.2, 0) is 27.4 Å². The molecule has 0 saturated carbocycles. The minimum atomic E-state index is -0.735. The molecule has 0 radical (unpaired) electrons. The summed E-state index contributed by atoms with van der Waals surface area (Å²) in [7, 11) is 0. The lowest BCUT2D eigenvalue weighted by atomic mass is 10.0. The molecule has 0 aromatic heterocycles. The van der Waals surface area contributed by atoms with Crippen LogP contribution in [0.1, 0.15) is 31.4 Å². The molecule has 2 aromatic rings. The fraction of sp³-hybridized carbons (Fsp3) is 0.400. The first-order valence-corrected chi connectivity index (χ1v) is 11.5. The van der Waals surface area contributed by atoms with Crippen LogP contribution < -0.4 is 16.0 Å². The monoisotopic (exact) mass is 473 g/mol. The van der Waals surface area contributed by atoms with Crippen molar-refractivity contribution in [2.75, 3.05) is 12.4 Å². The van der Waals surface area contributed by atoms with Gasteiger partial charge in [0.2, 0.25) is 11.8 Å². The normalized spacial score (nSPS) is 12.5. The minimum Gasteiger partial charge on any atom is -0.445 e. The molecule has 3 amide bonds. The molecule has 0 aliphatic carbocycles. The summed E-state index contributed by atoms with van der Waals surface area (Å²) in [5.41, 5.74) is 1.90. The summed E-state index contributed by atoms with van der Waals surface area (Å²) < 4.78 is 5.10. The molecule has 7 nitrogen and oxygen atoms in total. The van der Waals surface area contributed by atoms with Crippen LogP contribution in [0.3, 0.4) is 0 Å². The van der Waals surface area contributed by atoms with Gasteiger partial charge in [-0.05, 0) is 29.9 Å². The average molecular weight is 474 g/mol. The van der Waals surface area contributed by atoms with Crippen LogP contribution in [0.25, 0.3) is 0 Å². The van der Waals surface area contributed by atoms with E-state index in [1.807, 2.05) is 74.5 Å². The Labute approximate surface area is 200 Å². The highest BCUT2D eigenvalue weighted by molar-refractivity contribution is 6.18. The van der Waals surface area contributed by atoms with Crippen molar-refractivity contribution < 1.29 is 19.1 Å². The minimum absolute atomic E-state index is 0.105. The fourth-order valence-corrected chi connectivity index (χ4v) is 3.41. The maximum atomic E-state index is 12.9. The number of alkyl halides is 1. The van der Waals surface area contributed by atoms with Crippen LogP contribution in [0.5, 0.6) is 0 Å². The van der Waals surface area contributed by atoms with Gasteiger partial charge < -0.3 is 20.7 Å². The predicted octanol–water partition coefficient (Wildman–Crippen LogP) is 3.41. The lowest BCUT2D eigenvalue weighted by molar-refractivity contribution is -0.129. The maximum absolute atomic E-state index is 12.9. The Kier molecular flexibility index (Phi) is 11.2. The number of carbonyl (C=O) groups excluding carboxylic acids is 3. The summed E-state index contributed by atoms with van der Waals surface area (Å²) in [6.07, 6.45) is 0.341. The molecule has 0 heterocycles. The smallest absolute Gasteiger partial charge is 0.407 e. The topological polar surface area (TPSA) is 96.5 Å². The Hall–Kier alpha value is -3.06. The van der Waals surface area contributed by atoms with Gasteiger partial charge in [0, 0.05) is 11.9 Å². The van der Waals surface area contributed by atoms with E-state index >= 15 is 0 Å². The first-order chi connectivity index (χ1) is 15.9. The van der Waals surface area contributed by atoms with E-state index in [4.69, 9.17) is 16.3 Å².